The first-order valence-electron chi connectivity index (χ1n) is 7.32. The molecule has 2 heterocycles. The van der Waals surface area contributed by atoms with Gasteiger partial charge in [-0.3, -0.25) is 4.90 Å². The van der Waals surface area contributed by atoms with Gasteiger partial charge in [-0.2, -0.15) is 0 Å². The van der Waals surface area contributed by atoms with Crippen molar-refractivity contribution in [3.8, 4) is 5.88 Å². The molecule has 1 saturated heterocycles. The van der Waals surface area contributed by atoms with Crippen LogP contribution in [0.4, 0.5) is 0 Å². The highest BCUT2D eigenvalue weighted by atomic mass is 16.5. The Balaban J connectivity index is 1.57. The van der Waals surface area contributed by atoms with Crippen LogP contribution in [0.3, 0.4) is 0 Å². The van der Waals surface area contributed by atoms with Gasteiger partial charge in [-0.1, -0.05) is 6.07 Å². The zero-order chi connectivity index (χ0) is 13.1. The fourth-order valence-electron chi connectivity index (χ4n) is 2.79. The van der Waals surface area contributed by atoms with E-state index in [1.807, 2.05) is 12.1 Å². The summed E-state index contributed by atoms with van der Waals surface area (Å²) in [6.45, 7) is 3.26. The summed E-state index contributed by atoms with van der Waals surface area (Å²) in [5.74, 6) is 0.712. The zero-order valence-corrected chi connectivity index (χ0v) is 11.6. The summed E-state index contributed by atoms with van der Waals surface area (Å²) in [5, 5.41) is 3.65. The number of aromatic nitrogens is 1. The van der Waals surface area contributed by atoms with Crippen LogP contribution in [0.1, 0.15) is 31.4 Å². The summed E-state index contributed by atoms with van der Waals surface area (Å²) >= 11 is 0. The Morgan fingerprint density at radius 1 is 1.37 bits per heavy atom. The van der Waals surface area contributed by atoms with Crippen molar-refractivity contribution in [1.29, 1.82) is 0 Å². The second-order valence-corrected chi connectivity index (χ2v) is 5.62. The molecule has 4 nitrogen and oxygen atoms in total. The maximum atomic E-state index is 5.19. The third-order valence-electron chi connectivity index (χ3n) is 4.07. The van der Waals surface area contributed by atoms with E-state index in [1.54, 1.807) is 7.11 Å². The minimum Gasteiger partial charge on any atom is -0.481 e. The van der Waals surface area contributed by atoms with Crippen molar-refractivity contribution in [3.63, 3.8) is 0 Å². The third kappa shape index (κ3) is 3.45. The molecular formula is C15H23N3O. The molecule has 3 rings (SSSR count). The van der Waals surface area contributed by atoms with Crippen molar-refractivity contribution in [1.82, 2.24) is 15.2 Å². The zero-order valence-electron chi connectivity index (χ0n) is 11.6. The topological polar surface area (TPSA) is 37.4 Å². The van der Waals surface area contributed by atoms with Crippen LogP contribution in [-0.4, -0.2) is 42.2 Å². The average Bonchev–Trinajstić information content (AvgIpc) is 3.17. The minimum absolute atomic E-state index is 0.675. The quantitative estimate of drug-likeness (QED) is 0.847. The Morgan fingerprint density at radius 2 is 2.26 bits per heavy atom. The SMILES string of the molecule is COc1cccc(CN2CCCC2CNC2CC2)n1. The van der Waals surface area contributed by atoms with E-state index < -0.39 is 0 Å². The second kappa shape index (κ2) is 5.88. The van der Waals surface area contributed by atoms with Crippen LogP contribution < -0.4 is 10.1 Å². The molecule has 1 saturated carbocycles. The van der Waals surface area contributed by atoms with Gasteiger partial charge in [0.1, 0.15) is 0 Å². The van der Waals surface area contributed by atoms with Crippen molar-refractivity contribution < 1.29 is 4.74 Å². The van der Waals surface area contributed by atoms with Crippen LogP contribution in [0.15, 0.2) is 18.2 Å². The molecule has 1 aromatic rings. The van der Waals surface area contributed by atoms with Crippen molar-refractivity contribution in [3.05, 3.63) is 23.9 Å². The van der Waals surface area contributed by atoms with Crippen LogP contribution in [-0.2, 0) is 6.54 Å². The molecule has 0 bridgehead atoms. The van der Waals surface area contributed by atoms with Crippen LogP contribution in [0, 0.1) is 0 Å². The lowest BCUT2D eigenvalue weighted by atomic mass is 10.2. The molecule has 4 heteroatoms. The number of pyridine rings is 1. The number of ether oxygens (including phenoxy) is 1. The summed E-state index contributed by atoms with van der Waals surface area (Å²) < 4.78 is 5.19. The molecule has 19 heavy (non-hydrogen) atoms. The first kappa shape index (κ1) is 12.9. The number of methoxy groups -OCH3 is 1. The molecule has 2 fully saturated rings. The van der Waals surface area contributed by atoms with Crippen molar-refractivity contribution in [2.75, 3.05) is 20.2 Å². The Bertz CT molecular complexity index is 420. The first-order valence-corrected chi connectivity index (χ1v) is 7.32. The number of hydrogen-bond donors (Lipinski definition) is 1. The molecule has 1 unspecified atom stereocenters. The van der Waals surface area contributed by atoms with Crippen LogP contribution in [0.5, 0.6) is 5.88 Å². The molecular weight excluding hydrogens is 238 g/mol. The Labute approximate surface area is 115 Å². The van der Waals surface area contributed by atoms with Crippen molar-refractivity contribution >= 4 is 0 Å². The summed E-state index contributed by atoms with van der Waals surface area (Å²) in [6, 6.07) is 7.49. The average molecular weight is 261 g/mol. The van der Waals surface area contributed by atoms with Gasteiger partial charge >= 0.3 is 0 Å². The predicted molar refractivity (Wildman–Crippen MR) is 75.2 cm³/mol. The van der Waals surface area contributed by atoms with Crippen molar-refractivity contribution in [2.24, 2.45) is 0 Å². The molecule has 0 radical (unpaired) electrons. The Kier molecular flexibility index (Phi) is 3.99. The van der Waals surface area contributed by atoms with Gasteiger partial charge in [0.05, 0.1) is 12.8 Å². The van der Waals surface area contributed by atoms with Crippen LogP contribution >= 0.6 is 0 Å². The standard InChI is InChI=1S/C15H23N3O/c1-19-15-6-2-4-13(17-15)11-18-9-3-5-14(18)10-16-12-7-8-12/h2,4,6,12,14,16H,3,5,7-11H2,1H3. The number of rotatable bonds is 6. The fourth-order valence-corrected chi connectivity index (χ4v) is 2.79. The highest BCUT2D eigenvalue weighted by Gasteiger charge is 2.27. The number of likely N-dealkylation sites (tertiary alicyclic amines) is 1. The van der Waals surface area contributed by atoms with Gasteiger partial charge < -0.3 is 10.1 Å². The molecule has 1 atom stereocenters. The van der Waals surface area contributed by atoms with E-state index in [2.05, 4.69) is 21.3 Å². The summed E-state index contributed by atoms with van der Waals surface area (Å²) in [6.07, 6.45) is 5.35. The molecule has 0 amide bonds. The third-order valence-corrected chi connectivity index (χ3v) is 4.07. The summed E-state index contributed by atoms with van der Waals surface area (Å²) in [4.78, 5) is 7.07. The van der Waals surface area contributed by atoms with Gasteiger partial charge in [0.15, 0.2) is 0 Å². The molecule has 104 valence electrons. The van der Waals surface area contributed by atoms with E-state index in [4.69, 9.17) is 4.74 Å². The largest absolute Gasteiger partial charge is 0.481 e. The number of nitrogens with zero attached hydrogens (tertiary/aromatic N) is 2. The maximum absolute atomic E-state index is 5.19. The molecule has 1 aliphatic heterocycles. The molecule has 1 aliphatic carbocycles. The van der Waals surface area contributed by atoms with E-state index >= 15 is 0 Å². The second-order valence-electron chi connectivity index (χ2n) is 5.62. The lowest BCUT2D eigenvalue weighted by molar-refractivity contribution is 0.235. The van der Waals surface area contributed by atoms with Gasteiger partial charge in [-0.15, -0.1) is 0 Å². The first-order chi connectivity index (χ1) is 9.35. The lowest BCUT2D eigenvalue weighted by Gasteiger charge is -2.24. The summed E-state index contributed by atoms with van der Waals surface area (Å²) in [5.41, 5.74) is 1.11. The highest BCUT2D eigenvalue weighted by Crippen LogP contribution is 2.22. The molecule has 2 aliphatic rings. The van der Waals surface area contributed by atoms with Crippen LogP contribution in [0.2, 0.25) is 0 Å². The van der Waals surface area contributed by atoms with Gasteiger partial charge in [-0.05, 0) is 38.3 Å². The molecule has 1 aromatic heterocycles. The molecule has 0 spiro atoms. The van der Waals surface area contributed by atoms with Crippen LogP contribution in [0.25, 0.3) is 0 Å². The lowest BCUT2D eigenvalue weighted by Crippen LogP contribution is -2.38. The smallest absolute Gasteiger partial charge is 0.213 e. The van der Waals surface area contributed by atoms with Gasteiger partial charge in [-0.25, -0.2) is 4.98 Å². The van der Waals surface area contributed by atoms with E-state index in [0.717, 1.165) is 24.8 Å². The van der Waals surface area contributed by atoms with Gasteiger partial charge in [0.2, 0.25) is 5.88 Å². The van der Waals surface area contributed by atoms with E-state index in [9.17, 15) is 0 Å². The van der Waals surface area contributed by atoms with E-state index in [1.165, 1.54) is 32.2 Å². The monoisotopic (exact) mass is 261 g/mol. The maximum Gasteiger partial charge on any atom is 0.213 e. The van der Waals surface area contributed by atoms with E-state index in [0.29, 0.717) is 11.9 Å². The Hall–Kier alpha value is -1.13. The normalized spacial score (nSPS) is 23.7. The fraction of sp³-hybridized carbons (Fsp3) is 0.667. The van der Waals surface area contributed by atoms with Crippen molar-refractivity contribution in [2.45, 2.75) is 44.3 Å². The Morgan fingerprint density at radius 3 is 3.05 bits per heavy atom. The minimum atomic E-state index is 0.675. The molecule has 1 N–H and O–H groups in total. The van der Waals surface area contributed by atoms with Gasteiger partial charge in [0, 0.05) is 31.2 Å². The number of nitrogens with one attached hydrogen (secondary N) is 1. The summed E-state index contributed by atoms with van der Waals surface area (Å²) in [7, 11) is 1.67. The number of hydrogen-bond acceptors (Lipinski definition) is 4. The molecule has 0 aromatic carbocycles. The van der Waals surface area contributed by atoms with E-state index in [-0.39, 0.29) is 0 Å². The van der Waals surface area contributed by atoms with Gasteiger partial charge in [0.25, 0.3) is 0 Å². The highest BCUT2D eigenvalue weighted by molar-refractivity contribution is 5.15. The predicted octanol–water partition coefficient (Wildman–Crippen LogP) is 1.81.